The molecular formula is C66H70F2N12O6. The molecule has 14 rings (SSSR count). The van der Waals surface area contributed by atoms with E-state index in [1.54, 1.807) is 40.5 Å². The molecule has 4 saturated heterocycles. The summed E-state index contributed by atoms with van der Waals surface area (Å²) >= 11 is 0. The van der Waals surface area contributed by atoms with Gasteiger partial charge >= 0.3 is 12.2 Å². The maximum absolute atomic E-state index is 15.6. The van der Waals surface area contributed by atoms with E-state index in [0.717, 1.165) is 114 Å². The normalized spacial score (nSPS) is 19.0. The maximum atomic E-state index is 15.6. The third kappa shape index (κ3) is 11.8. The number of benzene rings is 4. The second kappa shape index (κ2) is 22.8. The number of H-pyrrole nitrogens is 4. The first-order chi connectivity index (χ1) is 41.4. The zero-order valence-corrected chi connectivity index (χ0v) is 49.1. The van der Waals surface area contributed by atoms with Crippen LogP contribution in [0.2, 0.25) is 0 Å². The van der Waals surface area contributed by atoms with Gasteiger partial charge in [0, 0.05) is 57.2 Å². The van der Waals surface area contributed by atoms with Crippen LogP contribution in [0.15, 0.2) is 119 Å². The Hall–Kier alpha value is -8.88. The molecular weight excluding hydrogens is 1090 g/mol. The summed E-state index contributed by atoms with van der Waals surface area (Å²) in [6.45, 7) is 14.3. The molecule has 4 aliphatic heterocycles. The number of hydrogen-bond acceptors (Lipinski definition) is 12. The van der Waals surface area contributed by atoms with Gasteiger partial charge in [-0.3, -0.25) is 9.80 Å². The van der Waals surface area contributed by atoms with E-state index in [9.17, 15) is 9.59 Å². The van der Waals surface area contributed by atoms with Crippen LogP contribution in [0.5, 0.6) is 0 Å². The Labute approximate surface area is 495 Å². The van der Waals surface area contributed by atoms with E-state index < -0.39 is 17.0 Å². The molecule has 0 radical (unpaired) electrons. The van der Waals surface area contributed by atoms with E-state index in [4.69, 9.17) is 18.3 Å². The largest absolute Gasteiger partial charge is 0.456 e. The van der Waals surface area contributed by atoms with Crippen molar-refractivity contribution in [2.75, 3.05) is 26.2 Å². The minimum Gasteiger partial charge on any atom is -0.456 e. The van der Waals surface area contributed by atoms with Crippen molar-refractivity contribution in [1.29, 1.82) is 0 Å². The lowest BCUT2D eigenvalue weighted by atomic mass is 10.1. The SMILES string of the molecule is CC(C)(C)OC(=O)N1CCC[C@H]1c1ncc(-c2ccc3oc(-c4ccc(-c5cnc([C@@H]6CCCN6C(=O)OC(C)(C)C)[nH]5)c(F)c4)cc3c2)[nH]1.Fc1cc(-c2cc3cc(-c4cnc([C@@H]5CCCN5)[nH]4)ccc3o2)ccc1-c1cnc([C@@H]2CCCN2)[nH]1. The van der Waals surface area contributed by atoms with Crippen LogP contribution in [-0.4, -0.2) is 99.2 Å². The van der Waals surface area contributed by atoms with Crippen LogP contribution in [-0.2, 0) is 9.47 Å². The average molecular weight is 1170 g/mol. The van der Waals surface area contributed by atoms with E-state index in [0.29, 0.717) is 75.7 Å². The molecule has 2 amide bonds. The summed E-state index contributed by atoms with van der Waals surface area (Å²) in [5.41, 5.74) is 7.39. The highest BCUT2D eigenvalue weighted by Crippen LogP contribution is 2.39. The number of halogens is 2. The van der Waals surface area contributed by atoms with Gasteiger partial charge in [-0.1, -0.05) is 12.1 Å². The summed E-state index contributed by atoms with van der Waals surface area (Å²) in [6.07, 6.45) is 14.0. The average Bonchev–Trinajstić information content (AvgIpc) is 2.50. The second-order valence-corrected chi connectivity index (χ2v) is 24.8. The molecule has 18 nitrogen and oxygen atoms in total. The minimum atomic E-state index is -0.599. The number of ether oxygens (including phenoxy) is 2. The Bertz CT molecular complexity index is 4110. The number of hydrogen-bond donors (Lipinski definition) is 6. The Morgan fingerprint density at radius 2 is 0.884 bits per heavy atom. The molecule has 4 fully saturated rings. The van der Waals surface area contributed by atoms with E-state index >= 15 is 8.78 Å². The fourth-order valence-corrected chi connectivity index (χ4v) is 12.1. The standard InChI is InChI=1S/C38H43FN6O5.C28H27FN6O/c1-37(2,3)49-35(46)44-15-7-9-29(44)33-40-20-27(42-33)22-12-14-31-24(17-22)19-32(48-31)23-11-13-25(26(39)18-23)28-21-41-34(43-28)30-10-8-16-45(30)36(47)50-38(4,5)6;29-20-12-17(5-7-19(20)24-15-33-28(35-24)22-4-2-10-31-22)26-13-18-11-16(6-8-25(18)36-26)23-14-32-27(34-23)21-3-1-9-30-21/h11-14,17-21,29-30H,7-10,15-16H2,1-6H3,(H,40,42)(H,41,43);5-8,11-15,21-22,30-31H,1-4,9-10H2,(H,32,34)(H,33,35)/t29-,30-;21-,22-/m00/s1. The van der Waals surface area contributed by atoms with Crippen molar-refractivity contribution in [1.82, 2.24) is 60.3 Å². The number of carbonyl (C=O) groups is 2. The summed E-state index contributed by atoms with van der Waals surface area (Å²) in [5.74, 6) is 3.61. The number of furan rings is 2. The molecule has 6 aromatic heterocycles. The van der Waals surface area contributed by atoms with E-state index in [1.807, 2.05) is 102 Å². The predicted octanol–water partition coefficient (Wildman–Crippen LogP) is 15.0. The molecule has 4 atom stereocenters. The van der Waals surface area contributed by atoms with Gasteiger partial charge in [-0.15, -0.1) is 0 Å². The van der Waals surface area contributed by atoms with Gasteiger partial charge < -0.3 is 48.9 Å². The van der Waals surface area contributed by atoms with Crippen LogP contribution < -0.4 is 10.6 Å². The highest BCUT2D eigenvalue weighted by molar-refractivity contribution is 5.88. The predicted molar refractivity (Wildman–Crippen MR) is 323 cm³/mol. The molecule has 6 N–H and O–H groups in total. The van der Waals surface area contributed by atoms with Gasteiger partial charge in [-0.05, 0) is 179 Å². The zero-order valence-electron chi connectivity index (χ0n) is 49.1. The van der Waals surface area contributed by atoms with Gasteiger partial charge in [-0.25, -0.2) is 38.3 Å². The molecule has 4 aliphatic rings. The number of amides is 2. The van der Waals surface area contributed by atoms with Crippen molar-refractivity contribution in [2.45, 2.75) is 128 Å². The van der Waals surface area contributed by atoms with Gasteiger partial charge in [-0.2, -0.15) is 0 Å². The monoisotopic (exact) mass is 1160 g/mol. The molecule has 444 valence electrons. The summed E-state index contributed by atoms with van der Waals surface area (Å²) in [5, 5.41) is 8.71. The number of imidazole rings is 4. The lowest BCUT2D eigenvalue weighted by Gasteiger charge is -2.27. The Morgan fingerprint density at radius 3 is 1.30 bits per heavy atom. The van der Waals surface area contributed by atoms with Crippen molar-refractivity contribution in [3.05, 3.63) is 145 Å². The lowest BCUT2D eigenvalue weighted by Crippen LogP contribution is -2.36. The lowest BCUT2D eigenvalue weighted by molar-refractivity contribution is 0.0208. The molecule has 10 aromatic rings. The Kier molecular flexibility index (Phi) is 14.9. The number of carbonyl (C=O) groups excluding carboxylic acids is 2. The van der Waals surface area contributed by atoms with Gasteiger partial charge in [0.1, 0.15) is 68.8 Å². The first-order valence-corrected chi connectivity index (χ1v) is 29.8. The van der Waals surface area contributed by atoms with Crippen LogP contribution in [0.3, 0.4) is 0 Å². The number of aromatic nitrogens is 8. The van der Waals surface area contributed by atoms with Crippen LogP contribution >= 0.6 is 0 Å². The number of rotatable bonds is 10. The summed E-state index contributed by atoms with van der Waals surface area (Å²) < 4.78 is 54.2. The molecule has 0 spiro atoms. The van der Waals surface area contributed by atoms with Crippen molar-refractivity contribution in [2.24, 2.45) is 0 Å². The molecule has 0 unspecified atom stereocenters. The maximum Gasteiger partial charge on any atom is 0.410 e. The van der Waals surface area contributed by atoms with Gasteiger partial charge in [0.05, 0.1) is 71.7 Å². The first kappa shape index (κ1) is 56.3. The van der Waals surface area contributed by atoms with Gasteiger partial charge in [0.2, 0.25) is 0 Å². The van der Waals surface area contributed by atoms with Crippen molar-refractivity contribution in [3.63, 3.8) is 0 Å². The van der Waals surface area contributed by atoms with E-state index in [-0.39, 0.29) is 36.1 Å². The summed E-state index contributed by atoms with van der Waals surface area (Å²) in [4.78, 5) is 60.6. The fourth-order valence-electron chi connectivity index (χ4n) is 12.1. The van der Waals surface area contributed by atoms with Gasteiger partial charge in [0.25, 0.3) is 0 Å². The molecule has 0 saturated carbocycles. The second-order valence-electron chi connectivity index (χ2n) is 24.8. The third-order valence-corrected chi connectivity index (χ3v) is 16.3. The van der Waals surface area contributed by atoms with Crippen LogP contribution in [0.1, 0.15) is 140 Å². The van der Waals surface area contributed by atoms with E-state index in [1.165, 1.54) is 18.6 Å². The number of aromatic amines is 4. The van der Waals surface area contributed by atoms with Crippen molar-refractivity contribution >= 4 is 34.1 Å². The van der Waals surface area contributed by atoms with Crippen LogP contribution in [0.25, 0.3) is 89.6 Å². The fraction of sp³-hybridized carbons (Fsp3) is 0.364. The molecule has 20 heteroatoms. The van der Waals surface area contributed by atoms with Crippen molar-refractivity contribution in [3.8, 4) is 67.7 Å². The number of likely N-dealkylation sites (tertiary alicyclic amines) is 2. The Balaban J connectivity index is 0.000000168. The molecule has 4 aromatic carbocycles. The number of nitrogens with one attached hydrogen (secondary N) is 6. The first-order valence-electron chi connectivity index (χ1n) is 29.8. The highest BCUT2D eigenvalue weighted by Gasteiger charge is 2.37. The van der Waals surface area contributed by atoms with Gasteiger partial charge in [0.15, 0.2) is 0 Å². The quantitative estimate of drug-likeness (QED) is 0.0752. The zero-order chi connectivity index (χ0) is 59.4. The van der Waals surface area contributed by atoms with E-state index in [2.05, 4.69) is 56.6 Å². The van der Waals surface area contributed by atoms with Crippen LogP contribution in [0.4, 0.5) is 18.4 Å². The molecule has 10 heterocycles. The Morgan fingerprint density at radius 1 is 0.488 bits per heavy atom. The topological polar surface area (TPSA) is 224 Å². The minimum absolute atomic E-state index is 0.177. The third-order valence-electron chi connectivity index (χ3n) is 16.3. The number of nitrogens with zero attached hydrogens (tertiary/aromatic N) is 6. The smallest absolute Gasteiger partial charge is 0.410 e. The molecule has 86 heavy (non-hydrogen) atoms. The molecule has 0 aliphatic carbocycles. The highest BCUT2D eigenvalue weighted by atomic mass is 19.1. The summed E-state index contributed by atoms with van der Waals surface area (Å²) in [6, 6.07) is 26.0. The van der Waals surface area contributed by atoms with Crippen LogP contribution in [0, 0.1) is 11.6 Å². The summed E-state index contributed by atoms with van der Waals surface area (Å²) in [7, 11) is 0. The number of fused-ring (bicyclic) bond motifs is 2. The molecule has 0 bridgehead atoms. The van der Waals surface area contributed by atoms with Crippen molar-refractivity contribution < 1.29 is 36.7 Å².